The minimum atomic E-state index is -0.848. The first-order valence-corrected chi connectivity index (χ1v) is 6.73. The van der Waals surface area contributed by atoms with Crippen LogP contribution in [0.4, 0.5) is 0 Å². The summed E-state index contributed by atoms with van der Waals surface area (Å²) < 4.78 is 0. The summed E-state index contributed by atoms with van der Waals surface area (Å²) in [6.07, 6.45) is 3.13. The van der Waals surface area contributed by atoms with Crippen LogP contribution in [0.3, 0.4) is 0 Å². The van der Waals surface area contributed by atoms with Gasteiger partial charge in [-0.25, -0.2) is 0 Å². The molecule has 0 bridgehead atoms. The number of carboxylic acid groups (broad SMARTS) is 1. The van der Waals surface area contributed by atoms with E-state index in [9.17, 15) is 9.59 Å². The van der Waals surface area contributed by atoms with Crippen LogP contribution < -0.4 is 5.32 Å². The first kappa shape index (κ1) is 13.6. The molecule has 0 unspecified atom stereocenters. The van der Waals surface area contributed by atoms with Gasteiger partial charge in [0.15, 0.2) is 0 Å². The molecule has 2 rings (SSSR count). The summed E-state index contributed by atoms with van der Waals surface area (Å²) in [7, 11) is 0. The van der Waals surface area contributed by atoms with Gasteiger partial charge in [0.1, 0.15) is 0 Å². The van der Waals surface area contributed by atoms with Crippen molar-refractivity contribution in [2.45, 2.75) is 32.2 Å². The second-order valence-electron chi connectivity index (χ2n) is 5.04. The Kier molecular flexibility index (Phi) is 4.55. The number of carbonyl (C=O) groups excluding carboxylic acids is 1. The van der Waals surface area contributed by atoms with Gasteiger partial charge in [-0.15, -0.1) is 0 Å². The van der Waals surface area contributed by atoms with Crippen LogP contribution in [0, 0.1) is 11.8 Å². The van der Waals surface area contributed by atoms with Crippen LogP contribution >= 0.6 is 0 Å². The summed E-state index contributed by atoms with van der Waals surface area (Å²) in [4.78, 5) is 23.3. The highest BCUT2D eigenvalue weighted by Crippen LogP contribution is 2.30. The summed E-state index contributed by atoms with van der Waals surface area (Å²) in [5.74, 6) is -1.88. The number of nitrogens with one attached hydrogen (secondary N) is 1. The van der Waals surface area contributed by atoms with Crippen molar-refractivity contribution in [1.82, 2.24) is 5.32 Å². The molecule has 1 aromatic carbocycles. The quantitative estimate of drug-likeness (QED) is 0.873. The second-order valence-corrected chi connectivity index (χ2v) is 5.04. The van der Waals surface area contributed by atoms with Gasteiger partial charge >= 0.3 is 5.97 Å². The predicted octanol–water partition coefficient (Wildman–Crippen LogP) is 2.19. The summed E-state index contributed by atoms with van der Waals surface area (Å²) in [6, 6.07) is 9.64. The van der Waals surface area contributed by atoms with E-state index < -0.39 is 11.9 Å². The zero-order chi connectivity index (χ0) is 13.7. The van der Waals surface area contributed by atoms with Crippen molar-refractivity contribution < 1.29 is 14.7 Å². The summed E-state index contributed by atoms with van der Waals surface area (Å²) in [6.45, 7) is 0.461. The lowest BCUT2D eigenvalue weighted by Gasteiger charge is -2.27. The minimum absolute atomic E-state index is 0.129. The number of carboxylic acids is 1. The molecule has 0 aliphatic heterocycles. The third-order valence-corrected chi connectivity index (χ3v) is 3.73. The SMILES string of the molecule is O=C(O)[C@H]1CCCC[C@@H]1C(=O)NCc1ccccc1. The highest BCUT2D eigenvalue weighted by molar-refractivity contribution is 5.84. The lowest BCUT2D eigenvalue weighted by molar-refractivity contribution is -0.148. The fourth-order valence-electron chi connectivity index (χ4n) is 2.66. The monoisotopic (exact) mass is 261 g/mol. The highest BCUT2D eigenvalue weighted by atomic mass is 16.4. The smallest absolute Gasteiger partial charge is 0.307 e. The molecule has 1 aromatic rings. The number of rotatable bonds is 4. The Morgan fingerprint density at radius 3 is 2.37 bits per heavy atom. The predicted molar refractivity (Wildman–Crippen MR) is 71.4 cm³/mol. The summed E-state index contributed by atoms with van der Waals surface area (Å²) in [5, 5.41) is 12.0. The van der Waals surface area contributed by atoms with Crippen LogP contribution in [0.25, 0.3) is 0 Å². The Hall–Kier alpha value is -1.84. The third kappa shape index (κ3) is 3.56. The van der Waals surface area contributed by atoms with Gasteiger partial charge in [-0.2, -0.15) is 0 Å². The Morgan fingerprint density at radius 1 is 1.11 bits per heavy atom. The number of amides is 1. The maximum atomic E-state index is 12.1. The first-order valence-electron chi connectivity index (χ1n) is 6.73. The number of carbonyl (C=O) groups is 2. The van der Waals surface area contributed by atoms with Crippen molar-refractivity contribution in [2.75, 3.05) is 0 Å². The van der Waals surface area contributed by atoms with E-state index in [1.165, 1.54) is 0 Å². The molecule has 2 N–H and O–H groups in total. The first-order chi connectivity index (χ1) is 9.18. The van der Waals surface area contributed by atoms with Gasteiger partial charge in [-0.3, -0.25) is 9.59 Å². The molecule has 1 fully saturated rings. The maximum absolute atomic E-state index is 12.1. The molecule has 0 aromatic heterocycles. The van der Waals surface area contributed by atoms with Crippen molar-refractivity contribution in [2.24, 2.45) is 11.8 Å². The van der Waals surface area contributed by atoms with Gasteiger partial charge in [0.2, 0.25) is 5.91 Å². The van der Waals surface area contributed by atoms with E-state index in [2.05, 4.69) is 5.32 Å². The maximum Gasteiger partial charge on any atom is 0.307 e. The number of aliphatic carboxylic acids is 1. The standard InChI is InChI=1S/C15H19NO3/c17-14(16-10-11-6-2-1-3-7-11)12-8-4-5-9-13(12)15(18)19/h1-3,6-7,12-13H,4-5,8-10H2,(H,16,17)(H,18,19)/t12-,13-/m0/s1. The fourth-order valence-corrected chi connectivity index (χ4v) is 2.66. The van der Waals surface area contributed by atoms with Crippen LogP contribution in [-0.2, 0) is 16.1 Å². The zero-order valence-electron chi connectivity index (χ0n) is 10.8. The Labute approximate surface area is 112 Å². The molecular weight excluding hydrogens is 242 g/mol. The molecule has 19 heavy (non-hydrogen) atoms. The zero-order valence-corrected chi connectivity index (χ0v) is 10.8. The van der Waals surface area contributed by atoms with Crippen molar-refractivity contribution >= 4 is 11.9 Å². The van der Waals surface area contributed by atoms with Gasteiger partial charge in [-0.1, -0.05) is 43.2 Å². The molecule has 1 amide bonds. The highest BCUT2D eigenvalue weighted by Gasteiger charge is 2.35. The van der Waals surface area contributed by atoms with E-state index in [-0.39, 0.29) is 11.8 Å². The van der Waals surface area contributed by atoms with E-state index >= 15 is 0 Å². The number of benzene rings is 1. The molecule has 1 saturated carbocycles. The van der Waals surface area contributed by atoms with Crippen LogP contribution in [0.2, 0.25) is 0 Å². The molecule has 1 aliphatic rings. The largest absolute Gasteiger partial charge is 0.481 e. The van der Waals surface area contributed by atoms with E-state index in [0.717, 1.165) is 18.4 Å². The summed E-state index contributed by atoms with van der Waals surface area (Å²) >= 11 is 0. The molecule has 1 aliphatic carbocycles. The van der Waals surface area contributed by atoms with Crippen molar-refractivity contribution in [3.8, 4) is 0 Å². The number of hydrogen-bond donors (Lipinski definition) is 2. The normalized spacial score (nSPS) is 22.7. The van der Waals surface area contributed by atoms with Crippen molar-refractivity contribution in [3.63, 3.8) is 0 Å². The lowest BCUT2D eigenvalue weighted by Crippen LogP contribution is -2.39. The van der Waals surface area contributed by atoms with Gasteiger partial charge in [0.05, 0.1) is 11.8 Å². The third-order valence-electron chi connectivity index (χ3n) is 3.73. The molecule has 0 radical (unpaired) electrons. The lowest BCUT2D eigenvalue weighted by atomic mass is 9.78. The molecule has 0 saturated heterocycles. The van der Waals surface area contributed by atoms with E-state index in [0.29, 0.717) is 19.4 Å². The Balaban J connectivity index is 1.93. The second kappa shape index (κ2) is 6.36. The van der Waals surface area contributed by atoms with Gasteiger partial charge in [-0.05, 0) is 18.4 Å². The van der Waals surface area contributed by atoms with E-state index in [1.807, 2.05) is 30.3 Å². The summed E-state index contributed by atoms with van der Waals surface area (Å²) in [5.41, 5.74) is 1.03. The van der Waals surface area contributed by atoms with Crippen LogP contribution in [-0.4, -0.2) is 17.0 Å². The van der Waals surface area contributed by atoms with Crippen LogP contribution in [0.15, 0.2) is 30.3 Å². The molecule has 4 nitrogen and oxygen atoms in total. The molecule has 0 heterocycles. The fraction of sp³-hybridized carbons (Fsp3) is 0.467. The average molecular weight is 261 g/mol. The van der Waals surface area contributed by atoms with Crippen LogP contribution in [0.1, 0.15) is 31.2 Å². The van der Waals surface area contributed by atoms with Gasteiger partial charge in [0.25, 0.3) is 0 Å². The van der Waals surface area contributed by atoms with Crippen molar-refractivity contribution in [3.05, 3.63) is 35.9 Å². The molecule has 0 spiro atoms. The van der Waals surface area contributed by atoms with Gasteiger partial charge < -0.3 is 10.4 Å². The molecule has 2 atom stereocenters. The van der Waals surface area contributed by atoms with E-state index in [1.54, 1.807) is 0 Å². The molecule has 102 valence electrons. The Bertz CT molecular complexity index is 444. The topological polar surface area (TPSA) is 66.4 Å². The molecular formula is C15H19NO3. The Morgan fingerprint density at radius 2 is 1.74 bits per heavy atom. The van der Waals surface area contributed by atoms with Crippen LogP contribution in [0.5, 0.6) is 0 Å². The van der Waals surface area contributed by atoms with Gasteiger partial charge in [0, 0.05) is 6.54 Å². The molecule has 4 heteroatoms. The van der Waals surface area contributed by atoms with Crippen molar-refractivity contribution in [1.29, 1.82) is 0 Å². The number of hydrogen-bond acceptors (Lipinski definition) is 2. The van der Waals surface area contributed by atoms with E-state index in [4.69, 9.17) is 5.11 Å². The minimum Gasteiger partial charge on any atom is -0.481 e. The average Bonchev–Trinajstić information content (AvgIpc) is 2.46.